The van der Waals surface area contributed by atoms with Gasteiger partial charge in [0, 0.05) is 24.7 Å². The van der Waals surface area contributed by atoms with E-state index in [1.165, 1.54) is 32.4 Å². The molecule has 0 aliphatic carbocycles. The third-order valence-electron chi connectivity index (χ3n) is 5.56. The van der Waals surface area contributed by atoms with Crippen LogP contribution in [0.3, 0.4) is 0 Å². The van der Waals surface area contributed by atoms with Crippen LogP contribution in [0.5, 0.6) is 11.5 Å². The van der Waals surface area contributed by atoms with Crippen molar-refractivity contribution in [2.75, 3.05) is 45.3 Å². The average Bonchev–Trinajstić information content (AvgIpc) is 2.81. The van der Waals surface area contributed by atoms with Crippen molar-refractivity contribution in [3.8, 4) is 11.5 Å². The van der Waals surface area contributed by atoms with Gasteiger partial charge in [-0.25, -0.2) is 0 Å². The SMILES string of the molecule is C=Cc1cc(OC)ccc1N(C)C(=O)c1ccc(OCCCN2CCCCC2)cc1. The van der Waals surface area contributed by atoms with Crippen LogP contribution in [-0.2, 0) is 0 Å². The van der Waals surface area contributed by atoms with E-state index in [-0.39, 0.29) is 5.91 Å². The number of benzene rings is 2. The van der Waals surface area contributed by atoms with E-state index in [0.717, 1.165) is 35.7 Å². The Balaban J connectivity index is 1.54. The van der Waals surface area contributed by atoms with E-state index in [0.29, 0.717) is 12.2 Å². The lowest BCUT2D eigenvalue weighted by molar-refractivity contribution is 0.0993. The summed E-state index contributed by atoms with van der Waals surface area (Å²) < 4.78 is 11.1. The Morgan fingerprint density at radius 1 is 1.10 bits per heavy atom. The van der Waals surface area contributed by atoms with Gasteiger partial charge in [0.25, 0.3) is 5.91 Å². The van der Waals surface area contributed by atoms with Crippen LogP contribution in [0.15, 0.2) is 49.0 Å². The summed E-state index contributed by atoms with van der Waals surface area (Å²) in [6.45, 7) is 8.06. The molecule has 1 aliphatic rings. The molecule has 1 saturated heterocycles. The number of likely N-dealkylation sites (tertiary alicyclic amines) is 1. The van der Waals surface area contributed by atoms with Gasteiger partial charge in [-0.2, -0.15) is 0 Å². The summed E-state index contributed by atoms with van der Waals surface area (Å²) in [6.07, 6.45) is 6.74. The van der Waals surface area contributed by atoms with E-state index in [1.807, 2.05) is 42.5 Å². The van der Waals surface area contributed by atoms with Crippen LogP contribution in [0.25, 0.3) is 6.08 Å². The standard InChI is InChI=1S/C25H32N2O3/c1-4-20-19-23(29-3)13-14-24(20)26(2)25(28)21-9-11-22(12-10-21)30-18-8-17-27-15-6-5-7-16-27/h4,9-14,19H,1,5-8,15-18H2,2-3H3. The molecule has 1 fully saturated rings. The van der Waals surface area contributed by atoms with Gasteiger partial charge >= 0.3 is 0 Å². The second-order valence-electron chi connectivity index (χ2n) is 7.62. The first kappa shape index (κ1) is 21.9. The highest BCUT2D eigenvalue weighted by Gasteiger charge is 2.16. The first-order chi connectivity index (χ1) is 14.6. The minimum atomic E-state index is -0.0834. The number of methoxy groups -OCH3 is 1. The molecule has 2 aromatic carbocycles. The highest BCUT2D eigenvalue weighted by molar-refractivity contribution is 6.06. The highest BCUT2D eigenvalue weighted by Crippen LogP contribution is 2.27. The van der Waals surface area contributed by atoms with Gasteiger partial charge in [-0.1, -0.05) is 19.1 Å². The molecule has 160 valence electrons. The summed E-state index contributed by atoms with van der Waals surface area (Å²) in [5.41, 5.74) is 2.25. The number of carbonyl (C=O) groups is 1. The van der Waals surface area contributed by atoms with Gasteiger partial charge < -0.3 is 19.3 Å². The molecule has 5 heteroatoms. The normalized spacial score (nSPS) is 14.2. The number of piperidine rings is 1. The first-order valence-corrected chi connectivity index (χ1v) is 10.7. The summed E-state index contributed by atoms with van der Waals surface area (Å²) in [5.74, 6) is 1.44. The van der Waals surface area contributed by atoms with Crippen molar-refractivity contribution in [1.82, 2.24) is 4.90 Å². The Bertz CT molecular complexity index is 842. The first-order valence-electron chi connectivity index (χ1n) is 10.7. The summed E-state index contributed by atoms with van der Waals surface area (Å²) >= 11 is 0. The van der Waals surface area contributed by atoms with Crippen LogP contribution in [0.1, 0.15) is 41.6 Å². The Hall–Kier alpha value is -2.79. The monoisotopic (exact) mass is 408 g/mol. The number of rotatable bonds is 9. The molecule has 0 aromatic heterocycles. The fourth-order valence-corrected chi connectivity index (χ4v) is 3.79. The third kappa shape index (κ3) is 5.63. The molecule has 2 aromatic rings. The molecule has 0 radical (unpaired) electrons. The van der Waals surface area contributed by atoms with Crippen molar-refractivity contribution < 1.29 is 14.3 Å². The predicted octanol–water partition coefficient (Wildman–Crippen LogP) is 4.87. The van der Waals surface area contributed by atoms with Crippen LogP contribution >= 0.6 is 0 Å². The van der Waals surface area contributed by atoms with Crippen molar-refractivity contribution in [2.24, 2.45) is 0 Å². The molecule has 1 aliphatic heterocycles. The fraction of sp³-hybridized carbons (Fsp3) is 0.400. The van der Waals surface area contributed by atoms with E-state index >= 15 is 0 Å². The Labute approximate surface area is 179 Å². The molecular weight excluding hydrogens is 376 g/mol. The maximum atomic E-state index is 12.9. The van der Waals surface area contributed by atoms with Gasteiger partial charge in [-0.05, 0) is 74.8 Å². The van der Waals surface area contributed by atoms with Crippen LogP contribution in [0.2, 0.25) is 0 Å². The van der Waals surface area contributed by atoms with Crippen molar-refractivity contribution in [3.05, 3.63) is 60.2 Å². The molecule has 30 heavy (non-hydrogen) atoms. The highest BCUT2D eigenvalue weighted by atomic mass is 16.5. The fourth-order valence-electron chi connectivity index (χ4n) is 3.79. The van der Waals surface area contributed by atoms with Gasteiger partial charge in [0.1, 0.15) is 11.5 Å². The van der Waals surface area contributed by atoms with Gasteiger partial charge in [0.2, 0.25) is 0 Å². The number of anilines is 1. The van der Waals surface area contributed by atoms with E-state index in [4.69, 9.17) is 9.47 Å². The molecule has 0 bridgehead atoms. The number of carbonyl (C=O) groups excluding carboxylic acids is 1. The summed E-state index contributed by atoms with van der Waals surface area (Å²) in [4.78, 5) is 17.1. The quantitative estimate of drug-likeness (QED) is 0.555. The van der Waals surface area contributed by atoms with E-state index in [2.05, 4.69) is 11.5 Å². The van der Waals surface area contributed by atoms with Crippen LogP contribution in [-0.4, -0.2) is 51.2 Å². The van der Waals surface area contributed by atoms with Crippen molar-refractivity contribution in [1.29, 1.82) is 0 Å². The van der Waals surface area contributed by atoms with E-state index in [9.17, 15) is 4.79 Å². The summed E-state index contributed by atoms with van der Waals surface area (Å²) in [5, 5.41) is 0. The molecule has 3 rings (SSSR count). The largest absolute Gasteiger partial charge is 0.497 e. The molecule has 0 atom stereocenters. The van der Waals surface area contributed by atoms with Gasteiger partial charge in [-0.15, -0.1) is 0 Å². The zero-order chi connectivity index (χ0) is 21.3. The van der Waals surface area contributed by atoms with Gasteiger partial charge in [0.15, 0.2) is 0 Å². The average molecular weight is 409 g/mol. The third-order valence-corrected chi connectivity index (χ3v) is 5.56. The predicted molar refractivity (Wildman–Crippen MR) is 123 cm³/mol. The van der Waals surface area contributed by atoms with Crippen LogP contribution in [0.4, 0.5) is 5.69 Å². The van der Waals surface area contributed by atoms with Gasteiger partial charge in [-0.3, -0.25) is 4.79 Å². The lowest BCUT2D eigenvalue weighted by Crippen LogP contribution is -2.31. The minimum Gasteiger partial charge on any atom is -0.497 e. The second kappa shape index (κ2) is 10.8. The van der Waals surface area contributed by atoms with Crippen molar-refractivity contribution in [3.63, 3.8) is 0 Å². The number of nitrogens with zero attached hydrogens (tertiary/aromatic N) is 2. The molecule has 0 N–H and O–H groups in total. The Morgan fingerprint density at radius 3 is 2.47 bits per heavy atom. The smallest absolute Gasteiger partial charge is 0.258 e. The Kier molecular flexibility index (Phi) is 7.91. The number of hydrogen-bond donors (Lipinski definition) is 0. The summed E-state index contributed by atoms with van der Waals surface area (Å²) in [7, 11) is 3.39. The molecule has 0 unspecified atom stereocenters. The van der Waals surface area contributed by atoms with Crippen molar-refractivity contribution in [2.45, 2.75) is 25.7 Å². The lowest BCUT2D eigenvalue weighted by Gasteiger charge is -2.26. The maximum absolute atomic E-state index is 12.9. The summed E-state index contributed by atoms with van der Waals surface area (Å²) in [6, 6.07) is 12.9. The maximum Gasteiger partial charge on any atom is 0.258 e. The molecule has 0 saturated carbocycles. The van der Waals surface area contributed by atoms with E-state index in [1.54, 1.807) is 25.1 Å². The number of ether oxygens (including phenoxy) is 2. The zero-order valence-corrected chi connectivity index (χ0v) is 18.1. The van der Waals surface area contributed by atoms with E-state index < -0.39 is 0 Å². The second-order valence-corrected chi connectivity index (χ2v) is 7.62. The number of hydrogen-bond acceptors (Lipinski definition) is 4. The minimum absolute atomic E-state index is 0.0834. The molecule has 1 amide bonds. The van der Waals surface area contributed by atoms with Crippen LogP contribution in [0, 0.1) is 0 Å². The molecule has 0 spiro atoms. The van der Waals surface area contributed by atoms with Crippen LogP contribution < -0.4 is 14.4 Å². The van der Waals surface area contributed by atoms with Crippen molar-refractivity contribution >= 4 is 17.7 Å². The zero-order valence-electron chi connectivity index (χ0n) is 18.1. The molecular formula is C25H32N2O3. The van der Waals surface area contributed by atoms with Gasteiger partial charge in [0.05, 0.1) is 19.4 Å². The topological polar surface area (TPSA) is 42.0 Å². The lowest BCUT2D eigenvalue weighted by atomic mass is 10.1. The molecule has 5 nitrogen and oxygen atoms in total. The molecule has 1 heterocycles. The Morgan fingerprint density at radius 2 is 1.80 bits per heavy atom. The number of amides is 1.